The second-order valence-electron chi connectivity index (χ2n) is 3.06. The molecule has 0 amide bonds. The first-order valence-corrected chi connectivity index (χ1v) is 5.06. The standard InChI is InChI=1S/C11H11ClN2O2/c1-2-3-6-13-8-9-4-5-10(12)7-11(9)14(15)16/h4-5,7,13H,6,8H2,1H3. The predicted molar refractivity (Wildman–Crippen MR) is 63.3 cm³/mol. The van der Waals surface area contributed by atoms with Crippen LogP contribution in [0.3, 0.4) is 0 Å². The molecule has 1 aromatic carbocycles. The van der Waals surface area contributed by atoms with Gasteiger partial charge in [-0.25, -0.2) is 0 Å². The second kappa shape index (κ2) is 6.11. The molecular formula is C11H11ClN2O2. The SMILES string of the molecule is CC#CCNCc1ccc(Cl)cc1[N+](=O)[O-]. The van der Waals surface area contributed by atoms with Crippen molar-refractivity contribution in [3.63, 3.8) is 0 Å². The van der Waals surface area contributed by atoms with Gasteiger partial charge in [-0.15, -0.1) is 5.92 Å². The predicted octanol–water partition coefficient (Wildman–Crippen LogP) is 2.36. The van der Waals surface area contributed by atoms with Gasteiger partial charge in [0.25, 0.3) is 5.69 Å². The number of rotatable bonds is 4. The Morgan fingerprint density at radius 3 is 2.94 bits per heavy atom. The van der Waals surface area contributed by atoms with Gasteiger partial charge in [-0.05, 0) is 19.1 Å². The summed E-state index contributed by atoms with van der Waals surface area (Å²) in [4.78, 5) is 10.3. The van der Waals surface area contributed by atoms with Gasteiger partial charge in [-0.1, -0.05) is 17.5 Å². The zero-order chi connectivity index (χ0) is 12.0. The van der Waals surface area contributed by atoms with Crippen LogP contribution in [0.15, 0.2) is 18.2 Å². The zero-order valence-corrected chi connectivity index (χ0v) is 9.54. The third kappa shape index (κ3) is 3.54. The van der Waals surface area contributed by atoms with Crippen molar-refractivity contribution < 1.29 is 4.92 Å². The number of nitrogens with zero attached hydrogens (tertiary/aromatic N) is 1. The Hall–Kier alpha value is -1.57. The fraction of sp³-hybridized carbons (Fsp3) is 0.273. The van der Waals surface area contributed by atoms with E-state index < -0.39 is 4.92 Å². The average molecular weight is 239 g/mol. The summed E-state index contributed by atoms with van der Waals surface area (Å²) in [6.45, 7) is 2.66. The molecule has 0 saturated heterocycles. The van der Waals surface area contributed by atoms with E-state index >= 15 is 0 Å². The van der Waals surface area contributed by atoms with Crippen molar-refractivity contribution >= 4 is 17.3 Å². The number of hydrogen-bond acceptors (Lipinski definition) is 3. The van der Waals surface area contributed by atoms with Crippen LogP contribution in [0.5, 0.6) is 0 Å². The van der Waals surface area contributed by atoms with E-state index in [2.05, 4.69) is 17.2 Å². The third-order valence-electron chi connectivity index (χ3n) is 1.95. The van der Waals surface area contributed by atoms with Crippen LogP contribution in [0.4, 0.5) is 5.69 Å². The van der Waals surface area contributed by atoms with Gasteiger partial charge in [0.05, 0.1) is 11.5 Å². The van der Waals surface area contributed by atoms with Crippen molar-refractivity contribution in [3.8, 4) is 11.8 Å². The van der Waals surface area contributed by atoms with Crippen LogP contribution >= 0.6 is 11.6 Å². The second-order valence-corrected chi connectivity index (χ2v) is 3.50. The lowest BCUT2D eigenvalue weighted by atomic mass is 10.2. The van der Waals surface area contributed by atoms with Gasteiger partial charge in [0.1, 0.15) is 0 Å². The highest BCUT2D eigenvalue weighted by Gasteiger charge is 2.13. The lowest BCUT2D eigenvalue weighted by Crippen LogP contribution is -2.14. The molecule has 0 aromatic heterocycles. The monoisotopic (exact) mass is 238 g/mol. The number of hydrogen-bond donors (Lipinski definition) is 1. The van der Waals surface area contributed by atoms with Crippen LogP contribution < -0.4 is 5.32 Å². The molecule has 0 bridgehead atoms. The van der Waals surface area contributed by atoms with Gasteiger partial charge < -0.3 is 5.32 Å². The minimum Gasteiger partial charge on any atom is -0.302 e. The minimum atomic E-state index is -0.436. The molecule has 16 heavy (non-hydrogen) atoms. The Labute approximate surface area is 98.8 Å². The summed E-state index contributed by atoms with van der Waals surface area (Å²) >= 11 is 5.70. The Morgan fingerprint density at radius 1 is 1.56 bits per heavy atom. The summed E-state index contributed by atoms with van der Waals surface area (Å²) in [7, 11) is 0. The summed E-state index contributed by atoms with van der Waals surface area (Å²) in [5.41, 5.74) is 0.636. The number of halogens is 1. The van der Waals surface area contributed by atoms with Crippen molar-refractivity contribution in [2.45, 2.75) is 13.5 Å². The maximum Gasteiger partial charge on any atom is 0.275 e. The molecule has 1 aromatic rings. The zero-order valence-electron chi connectivity index (χ0n) is 8.79. The van der Waals surface area contributed by atoms with Crippen LogP contribution in [0.2, 0.25) is 5.02 Å². The molecular weight excluding hydrogens is 228 g/mol. The molecule has 1 N–H and O–H groups in total. The largest absolute Gasteiger partial charge is 0.302 e. The van der Waals surface area contributed by atoms with Crippen LogP contribution in [0.1, 0.15) is 12.5 Å². The first-order valence-electron chi connectivity index (χ1n) is 4.68. The summed E-state index contributed by atoms with van der Waals surface area (Å²) in [5.74, 6) is 5.55. The maximum absolute atomic E-state index is 10.8. The Morgan fingerprint density at radius 2 is 2.31 bits per heavy atom. The molecule has 0 atom stereocenters. The van der Waals surface area contributed by atoms with Gasteiger partial charge in [-0.2, -0.15) is 0 Å². The van der Waals surface area contributed by atoms with Crippen LogP contribution in [0, 0.1) is 22.0 Å². The van der Waals surface area contributed by atoms with Crippen molar-refractivity contribution in [1.82, 2.24) is 5.32 Å². The minimum absolute atomic E-state index is 0.0319. The lowest BCUT2D eigenvalue weighted by Gasteiger charge is -2.03. The summed E-state index contributed by atoms with van der Waals surface area (Å²) in [6, 6.07) is 4.63. The van der Waals surface area contributed by atoms with E-state index in [0.717, 1.165) is 0 Å². The van der Waals surface area contributed by atoms with Crippen LogP contribution in [-0.2, 0) is 6.54 Å². The normalized spacial score (nSPS) is 9.38. The van der Waals surface area contributed by atoms with Gasteiger partial charge >= 0.3 is 0 Å². The van der Waals surface area contributed by atoms with Gasteiger partial charge in [0.2, 0.25) is 0 Å². The molecule has 0 spiro atoms. The molecule has 0 aliphatic heterocycles. The number of nitro groups is 1. The molecule has 0 aliphatic carbocycles. The van der Waals surface area contributed by atoms with E-state index in [1.54, 1.807) is 19.1 Å². The first kappa shape index (κ1) is 12.5. The summed E-state index contributed by atoms with van der Waals surface area (Å²) < 4.78 is 0. The highest BCUT2D eigenvalue weighted by atomic mass is 35.5. The third-order valence-corrected chi connectivity index (χ3v) is 2.18. The average Bonchev–Trinajstić information content (AvgIpc) is 2.26. The maximum atomic E-state index is 10.8. The molecule has 0 fully saturated rings. The topological polar surface area (TPSA) is 55.2 Å². The van der Waals surface area contributed by atoms with E-state index in [1.165, 1.54) is 6.07 Å². The van der Waals surface area contributed by atoms with E-state index in [0.29, 0.717) is 23.7 Å². The van der Waals surface area contributed by atoms with E-state index in [1.807, 2.05) is 0 Å². The summed E-state index contributed by atoms with van der Waals surface area (Å²) in [5, 5.41) is 14.1. The van der Waals surface area contributed by atoms with Crippen molar-refractivity contribution in [2.24, 2.45) is 0 Å². The molecule has 0 saturated carbocycles. The Bertz CT molecular complexity index is 449. The molecule has 0 aliphatic rings. The van der Waals surface area contributed by atoms with E-state index in [-0.39, 0.29) is 5.69 Å². The summed E-state index contributed by atoms with van der Waals surface area (Å²) in [6.07, 6.45) is 0. The molecule has 0 unspecified atom stereocenters. The van der Waals surface area contributed by atoms with Crippen LogP contribution in [0.25, 0.3) is 0 Å². The molecule has 0 radical (unpaired) electrons. The number of nitro benzene ring substituents is 1. The van der Waals surface area contributed by atoms with Crippen LogP contribution in [-0.4, -0.2) is 11.5 Å². The fourth-order valence-corrected chi connectivity index (χ4v) is 1.37. The molecule has 5 heteroatoms. The van der Waals surface area contributed by atoms with Gasteiger partial charge in [0.15, 0.2) is 0 Å². The van der Waals surface area contributed by atoms with Crippen molar-refractivity contribution in [1.29, 1.82) is 0 Å². The smallest absolute Gasteiger partial charge is 0.275 e. The first-order chi connectivity index (χ1) is 7.65. The van der Waals surface area contributed by atoms with Crippen molar-refractivity contribution in [3.05, 3.63) is 38.9 Å². The van der Waals surface area contributed by atoms with Gasteiger partial charge in [0, 0.05) is 23.2 Å². The highest BCUT2D eigenvalue weighted by Crippen LogP contribution is 2.22. The Balaban J connectivity index is 2.77. The highest BCUT2D eigenvalue weighted by molar-refractivity contribution is 6.30. The Kier molecular flexibility index (Phi) is 4.77. The molecule has 1 rings (SSSR count). The van der Waals surface area contributed by atoms with Gasteiger partial charge in [-0.3, -0.25) is 10.1 Å². The molecule has 0 heterocycles. The van der Waals surface area contributed by atoms with E-state index in [9.17, 15) is 10.1 Å². The lowest BCUT2D eigenvalue weighted by molar-refractivity contribution is -0.385. The number of benzene rings is 1. The fourth-order valence-electron chi connectivity index (χ4n) is 1.20. The molecule has 4 nitrogen and oxygen atoms in total. The van der Waals surface area contributed by atoms with E-state index in [4.69, 9.17) is 11.6 Å². The quantitative estimate of drug-likeness (QED) is 0.379. The van der Waals surface area contributed by atoms with Crippen molar-refractivity contribution in [2.75, 3.05) is 6.54 Å². The molecule has 84 valence electrons. The number of nitrogens with one attached hydrogen (secondary N) is 1.